The zero-order chi connectivity index (χ0) is 16.3. The van der Waals surface area contributed by atoms with Crippen LogP contribution in [-0.4, -0.2) is 66.0 Å². The molecule has 2 aliphatic rings. The number of piperazine rings is 1. The Bertz CT molecular complexity index is 480. The summed E-state index contributed by atoms with van der Waals surface area (Å²) < 4.78 is 5.36. The maximum atomic E-state index is 10.7. The molecule has 2 fully saturated rings. The Kier molecular flexibility index (Phi) is 5.19. The highest BCUT2D eigenvalue weighted by Gasteiger charge is 2.40. The van der Waals surface area contributed by atoms with E-state index in [4.69, 9.17) is 4.74 Å². The van der Waals surface area contributed by atoms with Crippen LogP contribution in [0.5, 0.6) is 0 Å². The predicted molar refractivity (Wildman–Crippen MR) is 91.7 cm³/mol. The molecule has 1 saturated carbocycles. The number of pyridine rings is 1. The molecular weight excluding hydrogens is 290 g/mol. The molecule has 0 spiro atoms. The van der Waals surface area contributed by atoms with Gasteiger partial charge in [-0.15, -0.1) is 0 Å². The van der Waals surface area contributed by atoms with E-state index in [1.54, 1.807) is 7.11 Å². The molecule has 1 atom stereocenters. The van der Waals surface area contributed by atoms with Gasteiger partial charge in [-0.2, -0.15) is 0 Å². The highest BCUT2D eigenvalue weighted by molar-refractivity contribution is 5.38. The number of hydrogen-bond donors (Lipinski definition) is 1. The molecule has 1 N–H and O–H groups in total. The third-order valence-electron chi connectivity index (χ3n) is 5.74. The largest absolute Gasteiger partial charge is 0.387 e. The number of anilines is 1. The molecule has 1 aliphatic heterocycles. The van der Waals surface area contributed by atoms with Crippen LogP contribution in [0, 0.1) is 0 Å². The van der Waals surface area contributed by atoms with Crippen LogP contribution >= 0.6 is 0 Å². The zero-order valence-corrected chi connectivity index (χ0v) is 14.3. The zero-order valence-electron chi connectivity index (χ0n) is 14.3. The minimum Gasteiger partial charge on any atom is -0.387 e. The average molecular weight is 319 g/mol. The fourth-order valence-electron chi connectivity index (χ4n) is 3.95. The topological polar surface area (TPSA) is 48.8 Å². The van der Waals surface area contributed by atoms with Crippen molar-refractivity contribution in [3.8, 4) is 0 Å². The second kappa shape index (κ2) is 7.16. The van der Waals surface area contributed by atoms with Crippen LogP contribution in [0.2, 0.25) is 0 Å². The normalized spacial score (nSPS) is 31.1. The molecule has 0 radical (unpaired) electrons. The summed E-state index contributed by atoms with van der Waals surface area (Å²) in [4.78, 5) is 9.41. The molecular formula is C18H29N3O2. The Morgan fingerprint density at radius 3 is 2.48 bits per heavy atom. The molecule has 128 valence electrons. The number of aromatic nitrogens is 1. The van der Waals surface area contributed by atoms with Crippen molar-refractivity contribution in [3.63, 3.8) is 0 Å². The second-order valence-corrected chi connectivity index (χ2v) is 6.92. The predicted octanol–water partition coefficient (Wildman–Crippen LogP) is 1.91. The summed E-state index contributed by atoms with van der Waals surface area (Å²) >= 11 is 0. The number of hydrogen-bond acceptors (Lipinski definition) is 5. The van der Waals surface area contributed by atoms with Crippen molar-refractivity contribution in [2.45, 2.75) is 50.4 Å². The van der Waals surface area contributed by atoms with Gasteiger partial charge in [0.1, 0.15) is 5.82 Å². The van der Waals surface area contributed by atoms with Crippen LogP contribution in [-0.2, 0) is 4.74 Å². The first kappa shape index (κ1) is 16.7. The van der Waals surface area contributed by atoms with Gasteiger partial charge >= 0.3 is 0 Å². The van der Waals surface area contributed by atoms with E-state index in [-0.39, 0.29) is 6.10 Å². The minimum atomic E-state index is -0.638. The van der Waals surface area contributed by atoms with E-state index >= 15 is 0 Å². The SMILES string of the molecule is COC(C)C1(O)CCC(N2CCN(c3ccccn3)CC2)CC1. The number of ether oxygens (including phenoxy) is 1. The third-order valence-corrected chi connectivity index (χ3v) is 5.74. The third kappa shape index (κ3) is 3.67. The van der Waals surface area contributed by atoms with Gasteiger partial charge in [0.15, 0.2) is 0 Å². The fourth-order valence-corrected chi connectivity index (χ4v) is 3.95. The lowest BCUT2D eigenvalue weighted by Crippen LogP contribution is -2.54. The van der Waals surface area contributed by atoms with Crippen molar-refractivity contribution in [3.05, 3.63) is 24.4 Å². The number of methoxy groups -OCH3 is 1. The summed E-state index contributed by atoms with van der Waals surface area (Å²) in [6.45, 7) is 6.21. The van der Waals surface area contributed by atoms with Gasteiger partial charge in [-0.25, -0.2) is 4.98 Å². The summed E-state index contributed by atoms with van der Waals surface area (Å²) in [5, 5.41) is 10.7. The van der Waals surface area contributed by atoms with Crippen molar-refractivity contribution in [1.82, 2.24) is 9.88 Å². The van der Waals surface area contributed by atoms with Crippen LogP contribution in [0.15, 0.2) is 24.4 Å². The molecule has 5 heteroatoms. The molecule has 1 unspecified atom stereocenters. The van der Waals surface area contributed by atoms with Crippen LogP contribution < -0.4 is 4.90 Å². The highest BCUT2D eigenvalue weighted by Crippen LogP contribution is 2.34. The Morgan fingerprint density at radius 1 is 1.22 bits per heavy atom. The molecule has 0 amide bonds. The smallest absolute Gasteiger partial charge is 0.128 e. The van der Waals surface area contributed by atoms with Crippen molar-refractivity contribution in [2.75, 3.05) is 38.2 Å². The van der Waals surface area contributed by atoms with Gasteiger partial charge < -0.3 is 14.7 Å². The minimum absolute atomic E-state index is 0.0792. The van der Waals surface area contributed by atoms with Gasteiger partial charge in [0.2, 0.25) is 0 Å². The van der Waals surface area contributed by atoms with E-state index < -0.39 is 5.60 Å². The van der Waals surface area contributed by atoms with Crippen molar-refractivity contribution in [2.24, 2.45) is 0 Å². The average Bonchev–Trinajstić information content (AvgIpc) is 2.62. The molecule has 1 saturated heterocycles. The maximum absolute atomic E-state index is 10.7. The van der Waals surface area contributed by atoms with E-state index in [1.807, 2.05) is 25.3 Å². The van der Waals surface area contributed by atoms with E-state index in [0.717, 1.165) is 57.7 Å². The first-order valence-electron chi connectivity index (χ1n) is 8.77. The molecule has 1 aromatic heterocycles. The number of nitrogens with zero attached hydrogens (tertiary/aromatic N) is 3. The van der Waals surface area contributed by atoms with Gasteiger partial charge in [0, 0.05) is 45.5 Å². The van der Waals surface area contributed by atoms with Crippen molar-refractivity contribution < 1.29 is 9.84 Å². The number of rotatable bonds is 4. The van der Waals surface area contributed by atoms with Crippen LogP contribution in [0.3, 0.4) is 0 Å². The van der Waals surface area contributed by atoms with Crippen molar-refractivity contribution in [1.29, 1.82) is 0 Å². The Morgan fingerprint density at radius 2 is 1.91 bits per heavy atom. The summed E-state index contributed by atoms with van der Waals surface area (Å²) in [7, 11) is 1.69. The lowest BCUT2D eigenvalue weighted by atomic mass is 9.78. The van der Waals surface area contributed by atoms with E-state index in [1.165, 1.54) is 0 Å². The monoisotopic (exact) mass is 319 g/mol. The van der Waals surface area contributed by atoms with E-state index in [9.17, 15) is 5.11 Å². The molecule has 5 nitrogen and oxygen atoms in total. The van der Waals surface area contributed by atoms with E-state index in [2.05, 4.69) is 20.9 Å². The summed E-state index contributed by atoms with van der Waals surface area (Å²) in [6.07, 6.45) is 5.59. The maximum Gasteiger partial charge on any atom is 0.128 e. The molecule has 0 bridgehead atoms. The van der Waals surface area contributed by atoms with Gasteiger partial charge in [-0.05, 0) is 44.7 Å². The van der Waals surface area contributed by atoms with Crippen LogP contribution in [0.4, 0.5) is 5.82 Å². The standard InChI is InChI=1S/C18H29N3O2/c1-15(23-2)18(22)8-6-16(7-9-18)20-11-13-21(14-12-20)17-5-3-4-10-19-17/h3-5,10,15-16,22H,6-9,11-14H2,1-2H3. The Hall–Kier alpha value is -1.17. The van der Waals surface area contributed by atoms with E-state index in [0.29, 0.717) is 6.04 Å². The first-order valence-corrected chi connectivity index (χ1v) is 8.77. The van der Waals surface area contributed by atoms with Gasteiger partial charge in [0.25, 0.3) is 0 Å². The molecule has 0 aromatic carbocycles. The fraction of sp³-hybridized carbons (Fsp3) is 0.722. The van der Waals surface area contributed by atoms with Crippen molar-refractivity contribution >= 4 is 5.82 Å². The molecule has 1 aromatic rings. The molecule has 2 heterocycles. The molecule has 1 aliphatic carbocycles. The van der Waals surface area contributed by atoms with Gasteiger partial charge in [0.05, 0.1) is 11.7 Å². The Balaban J connectivity index is 1.50. The Labute approximate surface area is 139 Å². The van der Waals surface area contributed by atoms with Crippen LogP contribution in [0.1, 0.15) is 32.6 Å². The van der Waals surface area contributed by atoms with Crippen LogP contribution in [0.25, 0.3) is 0 Å². The highest BCUT2D eigenvalue weighted by atomic mass is 16.5. The summed E-state index contributed by atoms with van der Waals surface area (Å²) in [6, 6.07) is 6.70. The second-order valence-electron chi connectivity index (χ2n) is 6.92. The van der Waals surface area contributed by atoms with Gasteiger partial charge in [-0.1, -0.05) is 6.07 Å². The van der Waals surface area contributed by atoms with Gasteiger partial charge in [-0.3, -0.25) is 4.90 Å². The quantitative estimate of drug-likeness (QED) is 0.919. The first-order chi connectivity index (χ1) is 11.1. The molecule has 23 heavy (non-hydrogen) atoms. The summed E-state index contributed by atoms with van der Waals surface area (Å²) in [5.74, 6) is 1.08. The molecule has 3 rings (SSSR count). The lowest BCUT2D eigenvalue weighted by molar-refractivity contribution is -0.114. The lowest BCUT2D eigenvalue weighted by Gasteiger charge is -2.45. The number of aliphatic hydroxyl groups is 1. The summed E-state index contributed by atoms with van der Waals surface area (Å²) in [5.41, 5.74) is -0.638.